The second kappa shape index (κ2) is 4.44. The van der Waals surface area contributed by atoms with Crippen molar-refractivity contribution in [3.63, 3.8) is 0 Å². The van der Waals surface area contributed by atoms with Crippen molar-refractivity contribution in [2.24, 2.45) is 0 Å². The smallest absolute Gasteiger partial charge is 0.358 e. The molecule has 5 nitrogen and oxygen atoms in total. The van der Waals surface area contributed by atoms with Gasteiger partial charge < -0.3 is 14.2 Å². The summed E-state index contributed by atoms with van der Waals surface area (Å²) in [6, 6.07) is 8.95. The molecule has 0 aliphatic heterocycles. The summed E-state index contributed by atoms with van der Waals surface area (Å²) in [5.74, 6) is -0.620. The van der Waals surface area contributed by atoms with Crippen LogP contribution in [0.3, 0.4) is 0 Å². The number of carbonyl (C=O) groups is 1. The Labute approximate surface area is 113 Å². The SMILES string of the molecule is O=C(O)c1cc(Cn2ccc3c(Cl)cccc32)on1. The highest BCUT2D eigenvalue weighted by Gasteiger charge is 2.12. The Hall–Kier alpha value is -2.27. The van der Waals surface area contributed by atoms with E-state index in [9.17, 15) is 4.79 Å². The average molecular weight is 277 g/mol. The molecule has 0 aliphatic carbocycles. The molecule has 6 heteroatoms. The van der Waals surface area contributed by atoms with Crippen molar-refractivity contribution in [3.05, 3.63) is 53.0 Å². The fourth-order valence-electron chi connectivity index (χ4n) is 1.98. The molecule has 0 saturated carbocycles. The van der Waals surface area contributed by atoms with Crippen LogP contribution in [0.5, 0.6) is 0 Å². The van der Waals surface area contributed by atoms with Crippen LogP contribution in [0.2, 0.25) is 5.02 Å². The van der Waals surface area contributed by atoms with Gasteiger partial charge in [0.1, 0.15) is 0 Å². The number of aromatic carboxylic acids is 1. The number of carboxylic acid groups (broad SMARTS) is 1. The summed E-state index contributed by atoms with van der Waals surface area (Å²) in [5, 5.41) is 13.9. The van der Waals surface area contributed by atoms with Gasteiger partial charge in [-0.05, 0) is 18.2 Å². The number of nitrogens with zero attached hydrogens (tertiary/aromatic N) is 2. The quantitative estimate of drug-likeness (QED) is 0.798. The van der Waals surface area contributed by atoms with Gasteiger partial charge in [-0.2, -0.15) is 0 Å². The molecule has 0 fully saturated rings. The number of halogens is 1. The van der Waals surface area contributed by atoms with Crippen molar-refractivity contribution in [1.29, 1.82) is 0 Å². The molecule has 19 heavy (non-hydrogen) atoms. The van der Waals surface area contributed by atoms with Crippen LogP contribution in [0.1, 0.15) is 16.2 Å². The minimum Gasteiger partial charge on any atom is -0.476 e. The zero-order valence-electron chi connectivity index (χ0n) is 9.71. The number of fused-ring (bicyclic) bond motifs is 1. The Bertz CT molecular complexity index is 760. The highest BCUT2D eigenvalue weighted by molar-refractivity contribution is 6.35. The lowest BCUT2D eigenvalue weighted by Gasteiger charge is -2.02. The third-order valence-corrected chi connectivity index (χ3v) is 3.19. The lowest BCUT2D eigenvalue weighted by Crippen LogP contribution is -1.97. The molecular formula is C13H9ClN2O3. The van der Waals surface area contributed by atoms with Gasteiger partial charge in [-0.3, -0.25) is 0 Å². The molecule has 1 N–H and O–H groups in total. The number of rotatable bonds is 3. The zero-order chi connectivity index (χ0) is 13.4. The van der Waals surface area contributed by atoms with Gasteiger partial charge in [0.15, 0.2) is 11.5 Å². The Balaban J connectivity index is 1.96. The molecular weight excluding hydrogens is 268 g/mol. The second-order valence-corrected chi connectivity index (χ2v) is 4.51. The number of benzene rings is 1. The van der Waals surface area contributed by atoms with Crippen LogP contribution in [0, 0.1) is 0 Å². The van der Waals surface area contributed by atoms with Crippen LogP contribution in [-0.4, -0.2) is 20.8 Å². The maximum absolute atomic E-state index is 10.7. The van der Waals surface area contributed by atoms with E-state index in [0.29, 0.717) is 17.3 Å². The van der Waals surface area contributed by atoms with Crippen LogP contribution in [0.15, 0.2) is 41.1 Å². The molecule has 0 saturated heterocycles. The van der Waals surface area contributed by atoms with E-state index >= 15 is 0 Å². The highest BCUT2D eigenvalue weighted by atomic mass is 35.5. The van der Waals surface area contributed by atoms with Crippen molar-refractivity contribution in [3.8, 4) is 0 Å². The topological polar surface area (TPSA) is 68.3 Å². The summed E-state index contributed by atoms with van der Waals surface area (Å²) in [6.07, 6.45) is 1.87. The second-order valence-electron chi connectivity index (χ2n) is 4.10. The largest absolute Gasteiger partial charge is 0.476 e. The molecule has 96 valence electrons. The van der Waals surface area contributed by atoms with E-state index in [1.165, 1.54) is 6.07 Å². The normalized spacial score (nSPS) is 11.0. The Morgan fingerprint density at radius 2 is 2.26 bits per heavy atom. The Morgan fingerprint density at radius 3 is 3.00 bits per heavy atom. The molecule has 0 amide bonds. The average Bonchev–Trinajstić information content (AvgIpc) is 2.98. The van der Waals surface area contributed by atoms with Gasteiger partial charge in [-0.1, -0.05) is 22.8 Å². The van der Waals surface area contributed by atoms with Crippen LogP contribution in [0.4, 0.5) is 0 Å². The fraction of sp³-hybridized carbons (Fsp3) is 0.0769. The van der Waals surface area contributed by atoms with E-state index in [2.05, 4.69) is 5.16 Å². The predicted octanol–water partition coefficient (Wildman–Crippen LogP) is 3.03. The molecule has 3 aromatic rings. The number of hydrogen-bond acceptors (Lipinski definition) is 3. The van der Waals surface area contributed by atoms with E-state index in [1.54, 1.807) is 0 Å². The van der Waals surface area contributed by atoms with Crippen LogP contribution < -0.4 is 0 Å². The minimum atomic E-state index is -1.10. The van der Waals surface area contributed by atoms with Crippen molar-refractivity contribution in [2.45, 2.75) is 6.54 Å². The molecule has 1 aromatic carbocycles. The molecule has 0 atom stereocenters. The summed E-state index contributed by atoms with van der Waals surface area (Å²) < 4.78 is 6.92. The van der Waals surface area contributed by atoms with Gasteiger partial charge in [0.05, 0.1) is 6.54 Å². The van der Waals surface area contributed by atoms with Crippen LogP contribution >= 0.6 is 11.6 Å². The number of carboxylic acids is 1. The van der Waals surface area contributed by atoms with E-state index in [1.807, 2.05) is 35.0 Å². The molecule has 0 spiro atoms. The zero-order valence-corrected chi connectivity index (χ0v) is 10.5. The van der Waals surface area contributed by atoms with Crippen molar-refractivity contribution >= 4 is 28.5 Å². The molecule has 3 rings (SSSR count). The third kappa shape index (κ3) is 2.08. The van der Waals surface area contributed by atoms with Gasteiger partial charge in [-0.15, -0.1) is 0 Å². The maximum Gasteiger partial charge on any atom is 0.358 e. The lowest BCUT2D eigenvalue weighted by molar-refractivity contribution is 0.0685. The van der Waals surface area contributed by atoms with Crippen LogP contribution in [-0.2, 0) is 6.54 Å². The van der Waals surface area contributed by atoms with Gasteiger partial charge in [0.2, 0.25) is 0 Å². The molecule has 0 radical (unpaired) electrons. The minimum absolute atomic E-state index is 0.0931. The lowest BCUT2D eigenvalue weighted by atomic mass is 10.2. The first-order chi connectivity index (χ1) is 9.15. The number of hydrogen-bond donors (Lipinski definition) is 1. The molecule has 0 aliphatic rings. The van der Waals surface area contributed by atoms with E-state index in [0.717, 1.165) is 10.9 Å². The molecule has 2 aromatic heterocycles. The number of aromatic nitrogens is 2. The first-order valence-corrected chi connectivity index (χ1v) is 5.95. The first kappa shape index (κ1) is 11.8. The maximum atomic E-state index is 10.7. The van der Waals surface area contributed by atoms with Crippen LogP contribution in [0.25, 0.3) is 10.9 Å². The molecule has 2 heterocycles. The standard InChI is InChI=1S/C13H9ClN2O3/c14-10-2-1-3-12-9(10)4-5-16(12)7-8-6-11(13(17)18)15-19-8/h1-6H,7H2,(H,17,18). The monoisotopic (exact) mass is 276 g/mol. The predicted molar refractivity (Wildman–Crippen MR) is 69.5 cm³/mol. The summed E-state index contributed by atoms with van der Waals surface area (Å²) in [7, 11) is 0. The van der Waals surface area contributed by atoms with Gasteiger partial charge in [-0.25, -0.2) is 4.79 Å². The van der Waals surface area contributed by atoms with Gasteiger partial charge in [0.25, 0.3) is 0 Å². The van der Waals surface area contributed by atoms with Gasteiger partial charge >= 0.3 is 5.97 Å². The third-order valence-electron chi connectivity index (χ3n) is 2.86. The Morgan fingerprint density at radius 1 is 1.42 bits per heavy atom. The summed E-state index contributed by atoms with van der Waals surface area (Å²) >= 11 is 6.09. The molecule has 0 bridgehead atoms. The highest BCUT2D eigenvalue weighted by Crippen LogP contribution is 2.24. The van der Waals surface area contributed by atoms with Crippen molar-refractivity contribution < 1.29 is 14.4 Å². The van der Waals surface area contributed by atoms with E-state index < -0.39 is 5.97 Å². The molecule has 0 unspecified atom stereocenters. The van der Waals surface area contributed by atoms with Crippen molar-refractivity contribution in [1.82, 2.24) is 9.72 Å². The van der Waals surface area contributed by atoms with Crippen molar-refractivity contribution in [2.75, 3.05) is 0 Å². The first-order valence-electron chi connectivity index (χ1n) is 5.57. The summed E-state index contributed by atoms with van der Waals surface area (Å²) in [4.78, 5) is 10.7. The van der Waals surface area contributed by atoms with E-state index in [4.69, 9.17) is 21.2 Å². The van der Waals surface area contributed by atoms with E-state index in [-0.39, 0.29) is 5.69 Å². The summed E-state index contributed by atoms with van der Waals surface area (Å²) in [6.45, 7) is 0.407. The fourth-order valence-corrected chi connectivity index (χ4v) is 2.21. The van der Waals surface area contributed by atoms with Gasteiger partial charge in [0, 0.05) is 28.2 Å². The summed E-state index contributed by atoms with van der Waals surface area (Å²) in [5.41, 5.74) is 0.866. The Kier molecular flexibility index (Phi) is 2.76.